The molecule has 0 radical (unpaired) electrons. The van der Waals surface area contributed by atoms with Crippen LogP contribution in [0.15, 0.2) is 36.5 Å². The van der Waals surface area contributed by atoms with Gasteiger partial charge in [-0.25, -0.2) is 0 Å². The molecule has 320 valence electrons. The smallest absolute Gasteiger partial charge is 0.306 e. The summed E-state index contributed by atoms with van der Waals surface area (Å²) in [4.78, 5) is 25.3. The fourth-order valence-electron chi connectivity index (χ4n) is 6.49. The molecule has 10 heteroatoms. The molecule has 0 amide bonds. The zero-order chi connectivity index (χ0) is 40.2. The summed E-state index contributed by atoms with van der Waals surface area (Å²) in [5.74, 6) is -0.848. The van der Waals surface area contributed by atoms with E-state index in [0.29, 0.717) is 6.42 Å². The van der Waals surface area contributed by atoms with Crippen LogP contribution in [-0.2, 0) is 28.5 Å². The maximum atomic E-state index is 12.7. The van der Waals surface area contributed by atoms with Crippen LogP contribution in [0.2, 0.25) is 0 Å². The maximum absolute atomic E-state index is 12.7. The van der Waals surface area contributed by atoms with Gasteiger partial charge >= 0.3 is 11.9 Å². The molecular weight excluding hydrogens is 700 g/mol. The summed E-state index contributed by atoms with van der Waals surface area (Å²) in [5.41, 5.74) is 0. The van der Waals surface area contributed by atoms with Crippen molar-refractivity contribution >= 4 is 11.9 Å². The van der Waals surface area contributed by atoms with E-state index < -0.39 is 49.4 Å². The van der Waals surface area contributed by atoms with Crippen LogP contribution in [0, 0.1) is 0 Å². The fourth-order valence-corrected chi connectivity index (χ4v) is 6.49. The second kappa shape index (κ2) is 36.3. The van der Waals surface area contributed by atoms with Crippen molar-refractivity contribution in [3.05, 3.63) is 36.5 Å². The minimum absolute atomic E-state index is 0.182. The molecule has 55 heavy (non-hydrogen) atoms. The lowest BCUT2D eigenvalue weighted by Gasteiger charge is -2.39. The summed E-state index contributed by atoms with van der Waals surface area (Å²) < 4.78 is 22.1. The van der Waals surface area contributed by atoms with Crippen LogP contribution in [-0.4, -0.2) is 89.0 Å². The van der Waals surface area contributed by atoms with Crippen molar-refractivity contribution in [3.8, 4) is 0 Å². The Labute approximate surface area is 334 Å². The summed E-state index contributed by atoms with van der Waals surface area (Å²) in [6, 6.07) is 0. The van der Waals surface area contributed by atoms with Gasteiger partial charge in [-0.15, -0.1) is 0 Å². The summed E-state index contributed by atoms with van der Waals surface area (Å²) >= 11 is 0. The number of rotatable bonds is 36. The Kier molecular flexibility index (Phi) is 33.6. The molecule has 0 spiro atoms. The molecule has 4 N–H and O–H groups in total. The van der Waals surface area contributed by atoms with Crippen LogP contribution >= 0.6 is 0 Å². The van der Waals surface area contributed by atoms with E-state index >= 15 is 0 Å². The number of hydrogen-bond donors (Lipinski definition) is 4. The van der Waals surface area contributed by atoms with Gasteiger partial charge in [-0.2, -0.15) is 0 Å². The first-order valence-electron chi connectivity index (χ1n) is 22.1. The van der Waals surface area contributed by atoms with Gasteiger partial charge in [-0.3, -0.25) is 9.59 Å². The third-order valence-electron chi connectivity index (χ3n) is 10.0. The second-order valence-electron chi connectivity index (χ2n) is 15.2. The molecule has 1 fully saturated rings. The van der Waals surface area contributed by atoms with Crippen LogP contribution < -0.4 is 0 Å². The van der Waals surface area contributed by atoms with Crippen LogP contribution in [0.1, 0.15) is 181 Å². The number of allylic oxidation sites excluding steroid dienone is 6. The Balaban J connectivity index is 2.37. The lowest BCUT2D eigenvalue weighted by atomic mass is 9.99. The molecule has 1 heterocycles. The van der Waals surface area contributed by atoms with Gasteiger partial charge in [-0.05, 0) is 51.4 Å². The van der Waals surface area contributed by atoms with Gasteiger partial charge < -0.3 is 39.4 Å². The first-order chi connectivity index (χ1) is 26.8. The highest BCUT2D eigenvalue weighted by Crippen LogP contribution is 2.22. The lowest BCUT2D eigenvalue weighted by Crippen LogP contribution is -2.59. The number of carbonyl (C=O) groups excluding carboxylic acids is 2. The minimum atomic E-state index is -1.60. The third kappa shape index (κ3) is 28.0. The number of hydrogen-bond acceptors (Lipinski definition) is 10. The first-order valence-corrected chi connectivity index (χ1v) is 22.1. The Hall–Kier alpha value is -2.08. The molecule has 0 aromatic heterocycles. The van der Waals surface area contributed by atoms with Crippen LogP contribution in [0.5, 0.6) is 0 Å². The van der Waals surface area contributed by atoms with E-state index in [4.69, 9.17) is 18.9 Å². The Bertz CT molecular complexity index is 996. The Morgan fingerprint density at radius 2 is 1.02 bits per heavy atom. The fraction of sp³-hybridized carbons (Fsp3) is 0.822. The van der Waals surface area contributed by atoms with Crippen molar-refractivity contribution in [1.82, 2.24) is 0 Å². The average Bonchev–Trinajstić information content (AvgIpc) is 3.18. The average molecular weight is 781 g/mol. The lowest BCUT2D eigenvalue weighted by molar-refractivity contribution is -0.305. The van der Waals surface area contributed by atoms with E-state index in [1.807, 2.05) is 0 Å². The predicted molar refractivity (Wildman–Crippen MR) is 219 cm³/mol. The largest absolute Gasteiger partial charge is 0.462 e. The highest BCUT2D eigenvalue weighted by atomic mass is 16.7. The van der Waals surface area contributed by atoms with Crippen molar-refractivity contribution < 1.29 is 49.0 Å². The normalized spacial score (nSPS) is 20.9. The summed E-state index contributed by atoms with van der Waals surface area (Å²) in [6.45, 7) is 3.36. The highest BCUT2D eigenvalue weighted by molar-refractivity contribution is 5.70. The molecule has 0 aromatic rings. The number of esters is 2. The van der Waals surface area contributed by atoms with E-state index in [1.165, 1.54) is 96.3 Å². The van der Waals surface area contributed by atoms with E-state index in [9.17, 15) is 30.0 Å². The second-order valence-corrected chi connectivity index (χ2v) is 15.2. The van der Waals surface area contributed by atoms with Gasteiger partial charge in [0.15, 0.2) is 12.4 Å². The molecule has 10 nitrogen and oxygen atoms in total. The monoisotopic (exact) mass is 781 g/mol. The maximum Gasteiger partial charge on any atom is 0.306 e. The summed E-state index contributed by atoms with van der Waals surface area (Å²) in [5, 5.41) is 40.0. The standard InChI is InChI=1S/C45H80O10/c1-3-5-7-9-11-13-15-17-19-21-23-25-27-29-31-33-40(47)52-36-38(37-53-45-44(51)43(50)42(49)39(35-46)55-45)54-41(48)34-32-30-28-26-24-22-20-18-16-14-12-10-8-6-4-2/h12,14,18,20,24,26,38-39,42-46,49-51H,3-11,13,15-17,19,21-23,25,27-37H2,1-2H3/b14-12+,20-18+,26-24+/t38-,39-,42+,43?,44?,45-/m0/s1. The van der Waals surface area contributed by atoms with Gasteiger partial charge in [0, 0.05) is 12.8 Å². The van der Waals surface area contributed by atoms with Gasteiger partial charge in [0.25, 0.3) is 0 Å². The molecule has 0 aliphatic carbocycles. The zero-order valence-electron chi connectivity index (χ0n) is 34.7. The number of ether oxygens (including phenoxy) is 4. The molecule has 0 saturated carbocycles. The minimum Gasteiger partial charge on any atom is -0.462 e. The third-order valence-corrected chi connectivity index (χ3v) is 10.0. The molecule has 2 unspecified atom stereocenters. The van der Waals surface area contributed by atoms with Crippen LogP contribution in [0.4, 0.5) is 0 Å². The number of carbonyl (C=O) groups is 2. The van der Waals surface area contributed by atoms with Crippen molar-refractivity contribution in [1.29, 1.82) is 0 Å². The Morgan fingerprint density at radius 3 is 1.56 bits per heavy atom. The molecule has 1 rings (SSSR count). The topological polar surface area (TPSA) is 152 Å². The van der Waals surface area contributed by atoms with E-state index in [-0.39, 0.29) is 32.0 Å². The molecule has 1 aliphatic heterocycles. The van der Waals surface area contributed by atoms with Crippen molar-refractivity contribution in [3.63, 3.8) is 0 Å². The summed E-state index contributed by atoms with van der Waals surface area (Å²) in [6.07, 6.45) is 32.9. The van der Waals surface area contributed by atoms with E-state index in [1.54, 1.807) is 0 Å². The highest BCUT2D eigenvalue weighted by Gasteiger charge is 2.44. The van der Waals surface area contributed by atoms with Gasteiger partial charge in [0.2, 0.25) is 0 Å². The molecule has 0 bridgehead atoms. The molecule has 6 atom stereocenters. The van der Waals surface area contributed by atoms with Gasteiger partial charge in [0.1, 0.15) is 31.0 Å². The predicted octanol–water partition coefficient (Wildman–Crippen LogP) is 9.11. The molecule has 0 aromatic carbocycles. The Morgan fingerprint density at radius 1 is 0.564 bits per heavy atom. The molecule has 1 aliphatic rings. The van der Waals surface area contributed by atoms with E-state index in [2.05, 4.69) is 50.3 Å². The quantitative estimate of drug-likeness (QED) is 0.0275. The van der Waals surface area contributed by atoms with Crippen molar-refractivity contribution in [2.24, 2.45) is 0 Å². The summed E-state index contributed by atoms with van der Waals surface area (Å²) in [7, 11) is 0. The number of aliphatic hydroxyl groups is 4. The van der Waals surface area contributed by atoms with Crippen molar-refractivity contribution in [2.75, 3.05) is 19.8 Å². The van der Waals surface area contributed by atoms with Gasteiger partial charge in [0.05, 0.1) is 13.2 Å². The number of unbranched alkanes of at least 4 members (excludes halogenated alkanes) is 19. The SMILES string of the molecule is CCCCC/C=C/C/C=C/C/C=C/CCCCC(=O)O[C@@H](COC(=O)CCCCCCCCCCCCCCCCC)CO[C@H]1O[C@@H](CO)[C@@H](O)C(O)C1O. The van der Waals surface area contributed by atoms with Crippen LogP contribution in [0.3, 0.4) is 0 Å². The van der Waals surface area contributed by atoms with Crippen LogP contribution in [0.25, 0.3) is 0 Å². The molecular formula is C45H80O10. The zero-order valence-corrected chi connectivity index (χ0v) is 34.7. The van der Waals surface area contributed by atoms with Crippen molar-refractivity contribution in [2.45, 2.75) is 218 Å². The molecule has 1 saturated heterocycles. The first kappa shape index (κ1) is 50.9. The number of aliphatic hydroxyl groups excluding tert-OH is 4. The van der Waals surface area contributed by atoms with E-state index in [0.717, 1.165) is 51.4 Å². The van der Waals surface area contributed by atoms with Gasteiger partial charge in [-0.1, -0.05) is 153 Å².